The van der Waals surface area contributed by atoms with Gasteiger partial charge in [-0.3, -0.25) is 4.79 Å². The first kappa shape index (κ1) is 13.6. The Morgan fingerprint density at radius 1 is 1.10 bits per heavy atom. The molecule has 98 valence electrons. The fourth-order valence-electron chi connectivity index (χ4n) is 1.70. The van der Waals surface area contributed by atoms with E-state index in [0.29, 0.717) is 5.69 Å². The Labute approximate surface area is 118 Å². The van der Waals surface area contributed by atoms with Crippen LogP contribution in [0.15, 0.2) is 60.2 Å². The Morgan fingerprint density at radius 3 is 2.35 bits per heavy atom. The van der Waals surface area contributed by atoms with Gasteiger partial charge >= 0.3 is 0 Å². The maximum Gasteiger partial charge on any atom is 0.266 e. The molecule has 3 heteroatoms. The molecule has 2 rings (SSSR count). The Morgan fingerprint density at radius 2 is 1.75 bits per heavy atom. The highest BCUT2D eigenvalue weighted by Gasteiger charge is 2.09. The van der Waals surface area contributed by atoms with Gasteiger partial charge in [0, 0.05) is 5.69 Å². The standard InChI is InChI=1S/C17H14N2O/c1-13-7-9-16(10-8-13)19-17(20)15(12-18)11-14-5-3-2-4-6-14/h2-11H,1H3,(H,19,20)/b15-11+. The molecule has 3 nitrogen and oxygen atoms in total. The molecule has 0 fully saturated rings. The van der Waals surface area contributed by atoms with Crippen molar-refractivity contribution in [3.05, 3.63) is 71.3 Å². The normalized spacial score (nSPS) is 10.7. The van der Waals surface area contributed by atoms with Gasteiger partial charge in [-0.15, -0.1) is 0 Å². The third kappa shape index (κ3) is 3.56. The predicted molar refractivity (Wildman–Crippen MR) is 79.8 cm³/mol. The van der Waals surface area contributed by atoms with Crippen molar-refractivity contribution in [1.82, 2.24) is 0 Å². The van der Waals surface area contributed by atoms with E-state index in [9.17, 15) is 4.79 Å². The van der Waals surface area contributed by atoms with Crippen LogP contribution in [0, 0.1) is 18.3 Å². The number of hydrogen-bond donors (Lipinski definition) is 1. The summed E-state index contributed by atoms with van der Waals surface area (Å²) in [6, 6.07) is 18.7. The molecule has 0 saturated carbocycles. The van der Waals surface area contributed by atoms with Crippen LogP contribution < -0.4 is 5.32 Å². The first-order valence-corrected chi connectivity index (χ1v) is 6.24. The van der Waals surface area contributed by atoms with E-state index in [4.69, 9.17) is 5.26 Å². The summed E-state index contributed by atoms with van der Waals surface area (Å²) in [6.07, 6.45) is 1.57. The zero-order chi connectivity index (χ0) is 14.4. The highest BCUT2D eigenvalue weighted by Crippen LogP contribution is 2.12. The molecule has 1 N–H and O–H groups in total. The first-order valence-electron chi connectivity index (χ1n) is 6.24. The van der Waals surface area contributed by atoms with Gasteiger partial charge in [-0.25, -0.2) is 0 Å². The fourth-order valence-corrected chi connectivity index (χ4v) is 1.70. The Balaban J connectivity index is 2.16. The smallest absolute Gasteiger partial charge is 0.266 e. The van der Waals surface area contributed by atoms with Gasteiger partial charge in [0.2, 0.25) is 0 Å². The molecular weight excluding hydrogens is 248 g/mol. The molecule has 1 amide bonds. The minimum Gasteiger partial charge on any atom is -0.321 e. The van der Waals surface area contributed by atoms with E-state index in [0.717, 1.165) is 11.1 Å². The van der Waals surface area contributed by atoms with Crippen molar-refractivity contribution in [3.63, 3.8) is 0 Å². The Hall–Kier alpha value is -2.86. The number of rotatable bonds is 3. The third-order valence-corrected chi connectivity index (χ3v) is 2.79. The van der Waals surface area contributed by atoms with Crippen LogP contribution in [0.25, 0.3) is 6.08 Å². The van der Waals surface area contributed by atoms with Crippen LogP contribution in [0.2, 0.25) is 0 Å². The monoisotopic (exact) mass is 262 g/mol. The molecule has 0 unspecified atom stereocenters. The van der Waals surface area contributed by atoms with Crippen LogP contribution in [0.4, 0.5) is 5.69 Å². The summed E-state index contributed by atoms with van der Waals surface area (Å²) in [5.74, 6) is -0.403. The highest BCUT2D eigenvalue weighted by atomic mass is 16.1. The summed E-state index contributed by atoms with van der Waals surface area (Å²) in [5, 5.41) is 11.8. The zero-order valence-corrected chi connectivity index (χ0v) is 11.1. The lowest BCUT2D eigenvalue weighted by Gasteiger charge is -2.04. The topological polar surface area (TPSA) is 52.9 Å². The molecule has 0 aliphatic heterocycles. The van der Waals surface area contributed by atoms with Crippen molar-refractivity contribution in [3.8, 4) is 6.07 Å². The van der Waals surface area contributed by atoms with Crippen LogP contribution in [0.1, 0.15) is 11.1 Å². The van der Waals surface area contributed by atoms with E-state index >= 15 is 0 Å². The number of nitrogens with one attached hydrogen (secondary N) is 1. The molecule has 2 aromatic rings. The van der Waals surface area contributed by atoms with Crippen LogP contribution in [0.5, 0.6) is 0 Å². The van der Waals surface area contributed by atoms with Crippen molar-refractivity contribution < 1.29 is 4.79 Å². The number of carbonyl (C=O) groups is 1. The summed E-state index contributed by atoms with van der Waals surface area (Å²) >= 11 is 0. The number of hydrogen-bond acceptors (Lipinski definition) is 2. The molecule has 0 radical (unpaired) electrons. The SMILES string of the molecule is Cc1ccc(NC(=O)/C(C#N)=C/c2ccccc2)cc1. The lowest BCUT2D eigenvalue weighted by Crippen LogP contribution is -2.13. The number of anilines is 1. The number of nitrogens with zero attached hydrogens (tertiary/aromatic N) is 1. The van der Waals surface area contributed by atoms with E-state index in [1.54, 1.807) is 6.08 Å². The zero-order valence-electron chi connectivity index (χ0n) is 11.1. The predicted octanol–water partition coefficient (Wildman–Crippen LogP) is 3.54. The van der Waals surface area contributed by atoms with Gasteiger partial charge in [0.15, 0.2) is 0 Å². The van der Waals surface area contributed by atoms with Gasteiger partial charge in [-0.1, -0.05) is 48.0 Å². The maximum atomic E-state index is 12.0. The summed E-state index contributed by atoms with van der Waals surface area (Å²) in [5.41, 5.74) is 2.69. The summed E-state index contributed by atoms with van der Waals surface area (Å²) in [4.78, 5) is 12.0. The second kappa shape index (κ2) is 6.35. The lowest BCUT2D eigenvalue weighted by molar-refractivity contribution is -0.112. The molecule has 0 aliphatic carbocycles. The average molecular weight is 262 g/mol. The summed E-state index contributed by atoms with van der Waals surface area (Å²) in [6.45, 7) is 1.97. The molecule has 2 aromatic carbocycles. The van der Waals surface area contributed by atoms with E-state index in [2.05, 4.69) is 5.32 Å². The van der Waals surface area contributed by atoms with E-state index in [1.807, 2.05) is 67.6 Å². The van der Waals surface area contributed by atoms with Gasteiger partial charge in [-0.2, -0.15) is 5.26 Å². The molecule has 0 bridgehead atoms. The minimum atomic E-state index is -0.403. The van der Waals surface area contributed by atoms with Crippen molar-refractivity contribution in [2.75, 3.05) is 5.32 Å². The van der Waals surface area contributed by atoms with Gasteiger partial charge in [-0.05, 0) is 30.7 Å². The second-order valence-corrected chi connectivity index (χ2v) is 4.40. The van der Waals surface area contributed by atoms with Gasteiger partial charge in [0.1, 0.15) is 11.6 Å². The van der Waals surface area contributed by atoms with Crippen LogP contribution >= 0.6 is 0 Å². The van der Waals surface area contributed by atoms with E-state index in [1.165, 1.54) is 0 Å². The quantitative estimate of drug-likeness (QED) is 0.679. The van der Waals surface area contributed by atoms with Crippen LogP contribution in [0.3, 0.4) is 0 Å². The second-order valence-electron chi connectivity index (χ2n) is 4.40. The van der Waals surface area contributed by atoms with Crippen molar-refractivity contribution >= 4 is 17.7 Å². The first-order chi connectivity index (χ1) is 9.69. The van der Waals surface area contributed by atoms with Crippen molar-refractivity contribution in [2.45, 2.75) is 6.92 Å². The Kier molecular flexibility index (Phi) is 4.31. The van der Waals surface area contributed by atoms with Crippen molar-refractivity contribution in [1.29, 1.82) is 5.26 Å². The number of amides is 1. The fraction of sp³-hybridized carbons (Fsp3) is 0.0588. The molecule has 0 aliphatic rings. The number of carbonyl (C=O) groups excluding carboxylic acids is 1. The van der Waals surface area contributed by atoms with Crippen LogP contribution in [-0.4, -0.2) is 5.91 Å². The van der Waals surface area contributed by atoms with E-state index < -0.39 is 5.91 Å². The minimum absolute atomic E-state index is 0.0803. The highest BCUT2D eigenvalue weighted by molar-refractivity contribution is 6.09. The van der Waals surface area contributed by atoms with Gasteiger partial charge < -0.3 is 5.32 Å². The van der Waals surface area contributed by atoms with Crippen LogP contribution in [-0.2, 0) is 4.79 Å². The molecule has 0 atom stereocenters. The number of aryl methyl sites for hydroxylation is 1. The lowest BCUT2D eigenvalue weighted by atomic mass is 10.1. The number of nitriles is 1. The molecule has 0 spiro atoms. The molecule has 0 heterocycles. The maximum absolute atomic E-state index is 12.0. The molecule has 0 saturated heterocycles. The third-order valence-electron chi connectivity index (χ3n) is 2.79. The van der Waals surface area contributed by atoms with Gasteiger partial charge in [0.25, 0.3) is 5.91 Å². The largest absolute Gasteiger partial charge is 0.321 e. The molecule has 0 aromatic heterocycles. The average Bonchev–Trinajstić information content (AvgIpc) is 2.48. The number of benzene rings is 2. The molecular formula is C17H14N2O. The summed E-state index contributed by atoms with van der Waals surface area (Å²) in [7, 11) is 0. The van der Waals surface area contributed by atoms with E-state index in [-0.39, 0.29) is 5.57 Å². The van der Waals surface area contributed by atoms with Crippen molar-refractivity contribution in [2.24, 2.45) is 0 Å². The molecule has 20 heavy (non-hydrogen) atoms. The summed E-state index contributed by atoms with van der Waals surface area (Å²) < 4.78 is 0. The van der Waals surface area contributed by atoms with Gasteiger partial charge in [0.05, 0.1) is 0 Å². The Bertz CT molecular complexity index is 664.